The molecule has 1 atom stereocenters. The molecule has 1 aromatic heterocycles. The average Bonchev–Trinajstić information content (AvgIpc) is 2.70. The molecule has 0 saturated carbocycles. The minimum atomic E-state index is -0.0145. The first-order chi connectivity index (χ1) is 7.72. The minimum Gasteiger partial charge on any atom is -0.352 e. The fraction of sp³-hybridized carbons (Fsp3) is 0.417. The molecule has 0 spiro atoms. The molecule has 0 radical (unpaired) electrons. The lowest BCUT2D eigenvalue weighted by atomic mass is 10.2. The molecule has 1 rings (SSSR count). The van der Waals surface area contributed by atoms with Gasteiger partial charge in [-0.15, -0.1) is 17.8 Å². The predicted molar refractivity (Wildman–Crippen MR) is 67.3 cm³/mol. The Morgan fingerprint density at radius 1 is 1.69 bits per heavy atom. The number of rotatable bonds is 6. The zero-order valence-electron chi connectivity index (χ0n) is 9.32. The van der Waals surface area contributed by atoms with E-state index >= 15 is 0 Å². The Bertz CT molecular complexity index is 354. The van der Waals surface area contributed by atoms with Crippen molar-refractivity contribution >= 4 is 17.2 Å². The van der Waals surface area contributed by atoms with Crippen molar-refractivity contribution in [2.45, 2.75) is 19.4 Å². The Kier molecular flexibility index (Phi) is 5.62. The Morgan fingerprint density at radius 2 is 2.50 bits per heavy atom. The number of thiophene rings is 1. The Morgan fingerprint density at radius 3 is 3.12 bits per heavy atom. The third kappa shape index (κ3) is 4.96. The summed E-state index contributed by atoms with van der Waals surface area (Å²) in [6.07, 6.45) is 5.94. The molecule has 4 heteroatoms. The molecular formula is C12H16N2OS. The van der Waals surface area contributed by atoms with Crippen LogP contribution < -0.4 is 10.6 Å². The number of hydrogen-bond acceptors (Lipinski definition) is 3. The lowest BCUT2D eigenvalue weighted by molar-refractivity contribution is -0.120. The summed E-state index contributed by atoms with van der Waals surface area (Å²) < 4.78 is 0. The third-order valence-corrected chi connectivity index (χ3v) is 2.91. The minimum absolute atomic E-state index is 0.0145. The maximum atomic E-state index is 11.4. The standard InChI is InChI=1S/C12H16N2OS/c1-3-6-13-9-12(15)14-10(2)8-11-5-4-7-16-11/h1,4-5,7,10,13H,6,8-9H2,2H3,(H,14,15). The first-order valence-corrected chi connectivity index (χ1v) is 6.06. The Balaban J connectivity index is 2.21. The molecule has 0 aliphatic heterocycles. The zero-order valence-corrected chi connectivity index (χ0v) is 10.1. The van der Waals surface area contributed by atoms with Gasteiger partial charge in [0.25, 0.3) is 0 Å². The summed E-state index contributed by atoms with van der Waals surface area (Å²) in [7, 11) is 0. The second-order valence-corrected chi connectivity index (χ2v) is 4.59. The van der Waals surface area contributed by atoms with Gasteiger partial charge in [0.15, 0.2) is 0 Å². The van der Waals surface area contributed by atoms with Gasteiger partial charge in [-0.2, -0.15) is 0 Å². The van der Waals surface area contributed by atoms with Crippen LogP contribution in [0.5, 0.6) is 0 Å². The van der Waals surface area contributed by atoms with Gasteiger partial charge >= 0.3 is 0 Å². The topological polar surface area (TPSA) is 41.1 Å². The largest absolute Gasteiger partial charge is 0.352 e. The molecule has 0 aromatic carbocycles. The van der Waals surface area contributed by atoms with Crippen LogP contribution in [-0.4, -0.2) is 25.0 Å². The maximum absolute atomic E-state index is 11.4. The van der Waals surface area contributed by atoms with Crippen LogP contribution in [-0.2, 0) is 11.2 Å². The summed E-state index contributed by atoms with van der Waals surface area (Å²) >= 11 is 1.71. The third-order valence-electron chi connectivity index (χ3n) is 2.01. The molecule has 1 unspecified atom stereocenters. The van der Waals surface area contributed by atoms with Gasteiger partial charge in [0.1, 0.15) is 0 Å². The molecule has 1 amide bonds. The molecule has 0 aliphatic rings. The van der Waals surface area contributed by atoms with E-state index in [1.54, 1.807) is 11.3 Å². The second-order valence-electron chi connectivity index (χ2n) is 3.56. The monoisotopic (exact) mass is 236 g/mol. The van der Waals surface area contributed by atoms with Crippen molar-refractivity contribution in [2.24, 2.45) is 0 Å². The van der Waals surface area contributed by atoms with Crippen LogP contribution in [0.25, 0.3) is 0 Å². The normalized spacial score (nSPS) is 11.8. The Labute approximate surface area is 100 Å². The van der Waals surface area contributed by atoms with E-state index < -0.39 is 0 Å². The van der Waals surface area contributed by atoms with Crippen LogP contribution in [0.4, 0.5) is 0 Å². The highest BCUT2D eigenvalue weighted by molar-refractivity contribution is 7.09. The fourth-order valence-corrected chi connectivity index (χ4v) is 2.19. The summed E-state index contributed by atoms with van der Waals surface area (Å²) in [5.41, 5.74) is 0. The molecule has 1 aromatic rings. The van der Waals surface area contributed by atoms with Gasteiger partial charge in [-0.1, -0.05) is 12.0 Å². The van der Waals surface area contributed by atoms with Gasteiger partial charge in [-0.05, 0) is 18.4 Å². The summed E-state index contributed by atoms with van der Waals surface area (Å²) in [5.74, 6) is 2.41. The van der Waals surface area contributed by atoms with Gasteiger partial charge in [-0.3, -0.25) is 10.1 Å². The molecule has 0 aliphatic carbocycles. The van der Waals surface area contributed by atoms with E-state index in [0.717, 1.165) is 6.42 Å². The van der Waals surface area contributed by atoms with E-state index in [9.17, 15) is 4.79 Å². The highest BCUT2D eigenvalue weighted by Crippen LogP contribution is 2.10. The molecule has 0 fully saturated rings. The molecule has 0 saturated heterocycles. The van der Waals surface area contributed by atoms with Crippen LogP contribution in [0.15, 0.2) is 17.5 Å². The quantitative estimate of drug-likeness (QED) is 0.572. The first kappa shape index (κ1) is 12.8. The van der Waals surface area contributed by atoms with E-state index in [-0.39, 0.29) is 18.5 Å². The van der Waals surface area contributed by atoms with Crippen LogP contribution in [0, 0.1) is 12.3 Å². The van der Waals surface area contributed by atoms with Crippen molar-refractivity contribution < 1.29 is 4.79 Å². The average molecular weight is 236 g/mol. The smallest absolute Gasteiger partial charge is 0.234 e. The van der Waals surface area contributed by atoms with Crippen LogP contribution in [0.2, 0.25) is 0 Å². The van der Waals surface area contributed by atoms with Gasteiger partial charge < -0.3 is 5.32 Å². The number of hydrogen-bond donors (Lipinski definition) is 2. The fourth-order valence-electron chi connectivity index (χ4n) is 1.36. The highest BCUT2D eigenvalue weighted by Gasteiger charge is 2.07. The summed E-state index contributed by atoms with van der Waals surface area (Å²) in [6, 6.07) is 4.24. The van der Waals surface area contributed by atoms with Crippen LogP contribution >= 0.6 is 11.3 Å². The molecule has 0 bridgehead atoms. The molecule has 16 heavy (non-hydrogen) atoms. The number of amides is 1. The van der Waals surface area contributed by atoms with Crippen molar-refractivity contribution in [2.75, 3.05) is 13.1 Å². The summed E-state index contributed by atoms with van der Waals surface area (Å²) in [6.45, 7) is 2.70. The van der Waals surface area contributed by atoms with E-state index in [2.05, 4.69) is 22.6 Å². The summed E-state index contributed by atoms with van der Waals surface area (Å²) in [5, 5.41) is 7.81. The molecule has 3 nitrogen and oxygen atoms in total. The maximum Gasteiger partial charge on any atom is 0.234 e. The highest BCUT2D eigenvalue weighted by atomic mass is 32.1. The van der Waals surface area contributed by atoms with Gasteiger partial charge in [-0.25, -0.2) is 0 Å². The predicted octanol–water partition coefficient (Wildman–Crippen LogP) is 1.02. The Hall–Kier alpha value is -1.31. The molecular weight excluding hydrogens is 220 g/mol. The van der Waals surface area contributed by atoms with Crippen molar-refractivity contribution in [3.63, 3.8) is 0 Å². The number of carbonyl (C=O) groups excluding carboxylic acids is 1. The van der Waals surface area contributed by atoms with Crippen molar-refractivity contribution in [3.05, 3.63) is 22.4 Å². The van der Waals surface area contributed by atoms with Crippen LogP contribution in [0.3, 0.4) is 0 Å². The lowest BCUT2D eigenvalue weighted by Crippen LogP contribution is -2.39. The number of carbonyl (C=O) groups is 1. The lowest BCUT2D eigenvalue weighted by Gasteiger charge is -2.12. The SMILES string of the molecule is C#CCNCC(=O)NC(C)Cc1cccs1. The second kappa shape index (κ2) is 7.04. The van der Waals surface area contributed by atoms with Gasteiger partial charge in [0.05, 0.1) is 13.1 Å². The van der Waals surface area contributed by atoms with Crippen molar-refractivity contribution in [3.8, 4) is 12.3 Å². The zero-order chi connectivity index (χ0) is 11.8. The molecule has 2 N–H and O–H groups in total. The number of terminal acetylenes is 1. The van der Waals surface area contributed by atoms with Gasteiger partial charge in [0, 0.05) is 17.3 Å². The summed E-state index contributed by atoms with van der Waals surface area (Å²) in [4.78, 5) is 12.7. The van der Waals surface area contributed by atoms with Crippen LogP contribution in [0.1, 0.15) is 11.8 Å². The van der Waals surface area contributed by atoms with Gasteiger partial charge in [0.2, 0.25) is 5.91 Å². The van der Waals surface area contributed by atoms with Crippen molar-refractivity contribution in [1.29, 1.82) is 0 Å². The number of nitrogens with one attached hydrogen (secondary N) is 2. The first-order valence-electron chi connectivity index (χ1n) is 5.18. The molecule has 86 valence electrons. The van der Waals surface area contributed by atoms with E-state index in [1.807, 2.05) is 18.4 Å². The van der Waals surface area contributed by atoms with E-state index in [1.165, 1.54) is 4.88 Å². The molecule has 1 heterocycles. The van der Waals surface area contributed by atoms with E-state index in [4.69, 9.17) is 6.42 Å². The van der Waals surface area contributed by atoms with E-state index in [0.29, 0.717) is 6.54 Å². The van der Waals surface area contributed by atoms with Crippen molar-refractivity contribution in [1.82, 2.24) is 10.6 Å².